The van der Waals surface area contributed by atoms with Gasteiger partial charge in [0.05, 0.1) is 24.5 Å². The van der Waals surface area contributed by atoms with Gasteiger partial charge >= 0.3 is 6.03 Å². The number of urea groups is 1. The number of hydrogen-bond acceptors (Lipinski definition) is 3. The fourth-order valence-electron chi connectivity index (χ4n) is 2.08. The van der Waals surface area contributed by atoms with Crippen LogP contribution in [0.3, 0.4) is 0 Å². The van der Waals surface area contributed by atoms with Gasteiger partial charge in [-0.05, 0) is 43.2 Å². The molecule has 5 heteroatoms. The maximum atomic E-state index is 12.4. The van der Waals surface area contributed by atoms with Crippen LogP contribution in [0.1, 0.15) is 24.6 Å². The lowest BCUT2D eigenvalue weighted by atomic mass is 10.2. The van der Waals surface area contributed by atoms with E-state index in [4.69, 9.17) is 4.74 Å². The zero-order valence-electron chi connectivity index (χ0n) is 13.9. The van der Waals surface area contributed by atoms with Crippen molar-refractivity contribution in [2.45, 2.75) is 26.8 Å². The molecule has 0 fully saturated rings. The van der Waals surface area contributed by atoms with E-state index in [9.17, 15) is 4.79 Å². The van der Waals surface area contributed by atoms with Gasteiger partial charge in [0.25, 0.3) is 0 Å². The summed E-state index contributed by atoms with van der Waals surface area (Å²) in [5.74, 6) is 0.700. The minimum atomic E-state index is -0.194. The number of carbonyl (C=O) groups excluding carboxylic acids is 1. The Balaban J connectivity index is 2.04. The smallest absolute Gasteiger partial charge is 0.322 e. The summed E-state index contributed by atoms with van der Waals surface area (Å²) in [5, 5.41) is 2.90. The first-order valence-corrected chi connectivity index (χ1v) is 7.75. The largest absolute Gasteiger partial charge is 0.491 e. The number of pyridine rings is 1. The molecule has 2 amide bonds. The fraction of sp³-hybridized carbons (Fsp3) is 0.333. The number of hydrogen-bond donors (Lipinski definition) is 1. The number of ether oxygens (including phenoxy) is 1. The minimum absolute atomic E-state index is 0.194. The highest BCUT2D eigenvalue weighted by atomic mass is 16.5. The van der Waals surface area contributed by atoms with E-state index in [2.05, 4.69) is 17.2 Å². The fourth-order valence-corrected chi connectivity index (χ4v) is 2.08. The Hall–Kier alpha value is -2.56. The Bertz CT molecular complexity index is 644. The predicted molar refractivity (Wildman–Crippen MR) is 91.7 cm³/mol. The molecule has 1 aromatic carbocycles. The van der Waals surface area contributed by atoms with Gasteiger partial charge < -0.3 is 15.0 Å². The second-order valence-electron chi connectivity index (χ2n) is 5.46. The van der Waals surface area contributed by atoms with Crippen molar-refractivity contribution in [3.63, 3.8) is 0 Å². The van der Waals surface area contributed by atoms with Crippen LogP contribution in [-0.4, -0.2) is 29.6 Å². The SMILES string of the molecule is CCCOc1cc(C)ccc1NC(=O)N(C)Cc1ccccn1. The highest BCUT2D eigenvalue weighted by Gasteiger charge is 2.13. The van der Waals surface area contributed by atoms with Crippen molar-refractivity contribution in [1.29, 1.82) is 0 Å². The standard InChI is InChI=1S/C18H23N3O2/c1-4-11-23-17-12-14(2)8-9-16(17)20-18(22)21(3)13-15-7-5-6-10-19-15/h5-10,12H,4,11,13H2,1-3H3,(H,20,22). The molecule has 2 rings (SSSR count). The Morgan fingerprint density at radius 2 is 2.13 bits per heavy atom. The Kier molecular flexibility index (Phi) is 5.97. The van der Waals surface area contributed by atoms with E-state index in [0.717, 1.165) is 17.7 Å². The molecule has 0 unspecified atom stereocenters. The average molecular weight is 313 g/mol. The molecule has 0 bridgehead atoms. The Morgan fingerprint density at radius 1 is 1.30 bits per heavy atom. The number of anilines is 1. The second kappa shape index (κ2) is 8.17. The van der Waals surface area contributed by atoms with E-state index in [1.165, 1.54) is 0 Å². The van der Waals surface area contributed by atoms with Crippen molar-refractivity contribution in [3.8, 4) is 5.75 Å². The predicted octanol–water partition coefficient (Wildman–Crippen LogP) is 3.84. The van der Waals surface area contributed by atoms with Crippen molar-refractivity contribution in [3.05, 3.63) is 53.9 Å². The second-order valence-corrected chi connectivity index (χ2v) is 5.46. The number of rotatable bonds is 6. The molecule has 0 saturated carbocycles. The third-order valence-corrected chi connectivity index (χ3v) is 3.31. The summed E-state index contributed by atoms with van der Waals surface area (Å²) in [6, 6.07) is 11.2. The summed E-state index contributed by atoms with van der Waals surface area (Å²) in [5.41, 5.74) is 2.62. The molecular formula is C18H23N3O2. The van der Waals surface area contributed by atoms with E-state index in [1.807, 2.05) is 43.3 Å². The molecule has 1 aromatic heterocycles. The first kappa shape index (κ1) is 16.8. The van der Waals surface area contributed by atoms with E-state index in [0.29, 0.717) is 24.6 Å². The Morgan fingerprint density at radius 3 is 2.83 bits per heavy atom. The summed E-state index contributed by atoms with van der Waals surface area (Å²) in [6.07, 6.45) is 2.64. The lowest BCUT2D eigenvalue weighted by Crippen LogP contribution is -2.31. The molecule has 0 spiro atoms. The van der Waals surface area contributed by atoms with Crippen molar-refractivity contribution in [2.75, 3.05) is 19.0 Å². The van der Waals surface area contributed by atoms with Crippen LogP contribution in [-0.2, 0) is 6.54 Å². The topological polar surface area (TPSA) is 54.5 Å². The number of nitrogens with zero attached hydrogens (tertiary/aromatic N) is 2. The van der Waals surface area contributed by atoms with E-state index in [1.54, 1.807) is 18.1 Å². The number of benzene rings is 1. The van der Waals surface area contributed by atoms with Gasteiger partial charge in [-0.25, -0.2) is 4.79 Å². The maximum absolute atomic E-state index is 12.4. The lowest BCUT2D eigenvalue weighted by molar-refractivity contribution is 0.220. The van der Waals surface area contributed by atoms with Gasteiger partial charge in [-0.15, -0.1) is 0 Å². The molecule has 122 valence electrons. The van der Waals surface area contributed by atoms with Crippen molar-refractivity contribution >= 4 is 11.7 Å². The van der Waals surface area contributed by atoms with E-state index >= 15 is 0 Å². The summed E-state index contributed by atoms with van der Waals surface area (Å²) >= 11 is 0. The maximum Gasteiger partial charge on any atom is 0.322 e. The first-order valence-electron chi connectivity index (χ1n) is 7.75. The van der Waals surface area contributed by atoms with Gasteiger partial charge in [0, 0.05) is 13.2 Å². The molecular weight excluding hydrogens is 290 g/mol. The molecule has 0 atom stereocenters. The van der Waals surface area contributed by atoms with Crippen LogP contribution >= 0.6 is 0 Å². The van der Waals surface area contributed by atoms with Crippen LogP contribution in [0.2, 0.25) is 0 Å². The first-order chi connectivity index (χ1) is 11.1. The number of amides is 2. The van der Waals surface area contributed by atoms with E-state index in [-0.39, 0.29) is 6.03 Å². The number of aryl methyl sites for hydroxylation is 1. The van der Waals surface area contributed by atoms with Gasteiger partial charge in [0.2, 0.25) is 0 Å². The zero-order chi connectivity index (χ0) is 16.7. The highest BCUT2D eigenvalue weighted by Crippen LogP contribution is 2.26. The molecule has 0 aliphatic heterocycles. The van der Waals surface area contributed by atoms with Gasteiger partial charge in [-0.1, -0.05) is 19.1 Å². The molecule has 0 radical (unpaired) electrons. The van der Waals surface area contributed by atoms with Gasteiger partial charge in [-0.2, -0.15) is 0 Å². The van der Waals surface area contributed by atoms with Gasteiger partial charge in [0.1, 0.15) is 5.75 Å². The number of carbonyl (C=O) groups is 1. The van der Waals surface area contributed by atoms with Crippen LogP contribution in [0.5, 0.6) is 5.75 Å². The van der Waals surface area contributed by atoms with Crippen LogP contribution in [0.4, 0.5) is 10.5 Å². The molecule has 5 nitrogen and oxygen atoms in total. The van der Waals surface area contributed by atoms with Crippen molar-refractivity contribution in [2.24, 2.45) is 0 Å². The normalized spacial score (nSPS) is 10.2. The third kappa shape index (κ3) is 4.98. The lowest BCUT2D eigenvalue weighted by Gasteiger charge is -2.19. The van der Waals surface area contributed by atoms with Crippen LogP contribution < -0.4 is 10.1 Å². The number of aromatic nitrogens is 1. The van der Waals surface area contributed by atoms with Crippen LogP contribution in [0.15, 0.2) is 42.6 Å². The van der Waals surface area contributed by atoms with Crippen LogP contribution in [0.25, 0.3) is 0 Å². The van der Waals surface area contributed by atoms with Gasteiger partial charge in [0.15, 0.2) is 0 Å². The summed E-state index contributed by atoms with van der Waals surface area (Å²) in [4.78, 5) is 18.2. The molecule has 23 heavy (non-hydrogen) atoms. The zero-order valence-corrected chi connectivity index (χ0v) is 13.9. The monoisotopic (exact) mass is 313 g/mol. The van der Waals surface area contributed by atoms with Crippen LogP contribution in [0, 0.1) is 6.92 Å². The summed E-state index contributed by atoms with van der Waals surface area (Å²) in [7, 11) is 1.74. The highest BCUT2D eigenvalue weighted by molar-refractivity contribution is 5.90. The van der Waals surface area contributed by atoms with Crippen molar-refractivity contribution < 1.29 is 9.53 Å². The number of nitrogens with one attached hydrogen (secondary N) is 1. The molecule has 1 N–H and O–H groups in total. The molecule has 0 saturated heterocycles. The summed E-state index contributed by atoms with van der Waals surface area (Å²) < 4.78 is 5.72. The van der Waals surface area contributed by atoms with Gasteiger partial charge in [-0.3, -0.25) is 4.98 Å². The third-order valence-electron chi connectivity index (χ3n) is 3.31. The summed E-state index contributed by atoms with van der Waals surface area (Å²) in [6.45, 7) is 5.12. The molecule has 0 aliphatic rings. The average Bonchev–Trinajstić information content (AvgIpc) is 2.55. The molecule has 0 aliphatic carbocycles. The van der Waals surface area contributed by atoms with Crippen molar-refractivity contribution in [1.82, 2.24) is 9.88 Å². The minimum Gasteiger partial charge on any atom is -0.491 e. The van der Waals surface area contributed by atoms with E-state index < -0.39 is 0 Å². The Labute approximate surface area is 137 Å². The molecule has 1 heterocycles. The quantitative estimate of drug-likeness (QED) is 0.881. The molecule has 2 aromatic rings.